The molecule has 1 aliphatic carbocycles. The Hall–Kier alpha value is -0.0800. The van der Waals surface area contributed by atoms with Crippen LogP contribution >= 0.6 is 0 Å². The lowest BCUT2D eigenvalue weighted by atomic mass is 9.88. The number of hydrogen-bond acceptors (Lipinski definition) is 2. The Bertz CT molecular complexity index is 160. The van der Waals surface area contributed by atoms with E-state index in [0.29, 0.717) is 18.6 Å². The van der Waals surface area contributed by atoms with Gasteiger partial charge in [-0.2, -0.15) is 0 Å². The van der Waals surface area contributed by atoms with Gasteiger partial charge < -0.3 is 10.4 Å². The number of nitrogens with one attached hydrogen (secondary N) is 1. The molecule has 0 heterocycles. The van der Waals surface area contributed by atoms with E-state index in [4.69, 9.17) is 0 Å². The molecule has 78 valence electrons. The van der Waals surface area contributed by atoms with Crippen LogP contribution in [0.2, 0.25) is 0 Å². The van der Waals surface area contributed by atoms with Crippen LogP contribution in [0.4, 0.5) is 0 Å². The molecule has 1 rings (SSSR count). The van der Waals surface area contributed by atoms with E-state index >= 15 is 0 Å². The molecule has 1 aliphatic rings. The lowest BCUT2D eigenvalue weighted by molar-refractivity contribution is 0.119. The van der Waals surface area contributed by atoms with Crippen molar-refractivity contribution >= 4 is 0 Å². The highest BCUT2D eigenvalue weighted by Gasteiger charge is 2.39. The highest BCUT2D eigenvalue weighted by Crippen LogP contribution is 2.35. The molecule has 13 heavy (non-hydrogen) atoms. The van der Waals surface area contributed by atoms with Gasteiger partial charge in [-0.15, -0.1) is 0 Å². The minimum Gasteiger partial charge on any atom is -0.394 e. The van der Waals surface area contributed by atoms with Gasteiger partial charge in [-0.1, -0.05) is 20.3 Å². The molecule has 0 aromatic rings. The fourth-order valence-electron chi connectivity index (χ4n) is 2.33. The van der Waals surface area contributed by atoms with Crippen LogP contribution in [0, 0.1) is 5.92 Å². The van der Waals surface area contributed by atoms with Crippen LogP contribution in [-0.4, -0.2) is 23.3 Å². The van der Waals surface area contributed by atoms with E-state index in [-0.39, 0.29) is 5.54 Å². The summed E-state index contributed by atoms with van der Waals surface area (Å²) in [6, 6.07) is 0.521. The molecule has 2 N–H and O–H groups in total. The molecule has 1 saturated carbocycles. The lowest BCUT2D eigenvalue weighted by Gasteiger charge is -2.36. The minimum atomic E-state index is 0.0232. The van der Waals surface area contributed by atoms with Crippen molar-refractivity contribution in [3.8, 4) is 0 Å². The summed E-state index contributed by atoms with van der Waals surface area (Å²) in [5.74, 6) is 0.617. The van der Waals surface area contributed by atoms with Gasteiger partial charge in [-0.25, -0.2) is 0 Å². The molecule has 0 spiro atoms. The van der Waals surface area contributed by atoms with Crippen molar-refractivity contribution < 1.29 is 5.11 Å². The van der Waals surface area contributed by atoms with E-state index in [0.717, 1.165) is 12.8 Å². The van der Waals surface area contributed by atoms with Crippen LogP contribution < -0.4 is 5.32 Å². The molecule has 0 amide bonds. The highest BCUT2D eigenvalue weighted by molar-refractivity contribution is 4.98. The first kappa shape index (κ1) is 11.0. The zero-order chi connectivity index (χ0) is 9.90. The first-order valence-corrected chi connectivity index (χ1v) is 5.53. The molecule has 0 radical (unpaired) electrons. The fraction of sp³-hybridized carbons (Fsp3) is 1.00. The average molecular weight is 185 g/mol. The summed E-state index contributed by atoms with van der Waals surface area (Å²) >= 11 is 0. The van der Waals surface area contributed by atoms with E-state index < -0.39 is 0 Å². The van der Waals surface area contributed by atoms with Crippen molar-refractivity contribution in [2.75, 3.05) is 6.61 Å². The van der Waals surface area contributed by atoms with Gasteiger partial charge in [0, 0.05) is 11.6 Å². The van der Waals surface area contributed by atoms with Crippen LogP contribution in [0.1, 0.15) is 46.5 Å². The van der Waals surface area contributed by atoms with Gasteiger partial charge in [0.05, 0.1) is 6.61 Å². The maximum Gasteiger partial charge on any atom is 0.0616 e. The maximum absolute atomic E-state index is 9.47. The number of rotatable bonds is 4. The normalized spacial score (nSPS) is 36.5. The van der Waals surface area contributed by atoms with Crippen LogP contribution in [-0.2, 0) is 0 Å². The maximum atomic E-state index is 9.47. The molecule has 0 aliphatic heterocycles. The Balaban J connectivity index is 2.58. The van der Waals surface area contributed by atoms with Crippen molar-refractivity contribution in [3.63, 3.8) is 0 Å². The highest BCUT2D eigenvalue weighted by atomic mass is 16.3. The van der Waals surface area contributed by atoms with Crippen LogP contribution in [0.3, 0.4) is 0 Å². The second kappa shape index (κ2) is 4.43. The molecule has 1 fully saturated rings. The van der Waals surface area contributed by atoms with Crippen molar-refractivity contribution in [2.45, 2.75) is 58.0 Å². The Kier molecular flexibility index (Phi) is 3.74. The second-order valence-corrected chi connectivity index (χ2v) is 4.56. The van der Waals surface area contributed by atoms with Crippen LogP contribution in [0.5, 0.6) is 0 Å². The van der Waals surface area contributed by atoms with Crippen LogP contribution in [0.25, 0.3) is 0 Å². The quantitative estimate of drug-likeness (QED) is 0.701. The first-order valence-electron chi connectivity index (χ1n) is 5.53. The monoisotopic (exact) mass is 185 g/mol. The van der Waals surface area contributed by atoms with Crippen molar-refractivity contribution in [1.82, 2.24) is 5.32 Å². The Morgan fingerprint density at radius 2 is 2.31 bits per heavy atom. The SMILES string of the molecule is CCC(C)NC1(CO)CCCC1C. The van der Waals surface area contributed by atoms with Crippen molar-refractivity contribution in [2.24, 2.45) is 5.92 Å². The third-order valence-electron chi connectivity index (χ3n) is 3.63. The van der Waals surface area contributed by atoms with Gasteiger partial charge in [0.2, 0.25) is 0 Å². The zero-order valence-corrected chi connectivity index (χ0v) is 9.14. The van der Waals surface area contributed by atoms with Gasteiger partial charge in [-0.05, 0) is 32.1 Å². The Morgan fingerprint density at radius 3 is 2.69 bits per heavy atom. The molecule has 0 bridgehead atoms. The molecule has 3 atom stereocenters. The third kappa shape index (κ3) is 2.23. The van der Waals surface area contributed by atoms with E-state index in [9.17, 15) is 5.11 Å². The van der Waals surface area contributed by atoms with Gasteiger partial charge in [0.1, 0.15) is 0 Å². The van der Waals surface area contributed by atoms with Crippen molar-refractivity contribution in [3.05, 3.63) is 0 Å². The molecule has 3 unspecified atom stereocenters. The van der Waals surface area contributed by atoms with E-state index in [1.165, 1.54) is 12.8 Å². The molecule has 2 heteroatoms. The fourth-order valence-corrected chi connectivity index (χ4v) is 2.33. The Morgan fingerprint density at radius 1 is 1.62 bits per heavy atom. The van der Waals surface area contributed by atoms with Gasteiger partial charge in [0.15, 0.2) is 0 Å². The predicted octanol–water partition coefficient (Wildman–Crippen LogP) is 1.93. The minimum absolute atomic E-state index is 0.0232. The summed E-state index contributed by atoms with van der Waals surface area (Å²) in [6.45, 7) is 6.92. The topological polar surface area (TPSA) is 32.3 Å². The number of aliphatic hydroxyl groups is 1. The summed E-state index contributed by atoms with van der Waals surface area (Å²) in [7, 11) is 0. The molecular formula is C11H23NO. The summed E-state index contributed by atoms with van der Waals surface area (Å²) in [5, 5.41) is 13.1. The van der Waals surface area contributed by atoms with E-state index in [1.54, 1.807) is 0 Å². The smallest absolute Gasteiger partial charge is 0.0616 e. The van der Waals surface area contributed by atoms with Gasteiger partial charge in [-0.3, -0.25) is 0 Å². The molecular weight excluding hydrogens is 162 g/mol. The van der Waals surface area contributed by atoms with Gasteiger partial charge in [0.25, 0.3) is 0 Å². The van der Waals surface area contributed by atoms with Gasteiger partial charge >= 0.3 is 0 Å². The lowest BCUT2D eigenvalue weighted by Crippen LogP contribution is -2.53. The Labute approximate surface area is 81.7 Å². The summed E-state index contributed by atoms with van der Waals surface area (Å²) in [5.41, 5.74) is 0.0232. The molecule has 0 saturated heterocycles. The zero-order valence-electron chi connectivity index (χ0n) is 9.14. The van der Waals surface area contributed by atoms with E-state index in [2.05, 4.69) is 26.1 Å². The third-order valence-corrected chi connectivity index (χ3v) is 3.63. The number of aliphatic hydroxyl groups excluding tert-OH is 1. The standard InChI is InChI=1S/C11H23NO/c1-4-10(3)12-11(8-13)7-5-6-9(11)2/h9-10,12-13H,4-8H2,1-3H3. The second-order valence-electron chi connectivity index (χ2n) is 4.56. The van der Waals surface area contributed by atoms with Crippen molar-refractivity contribution in [1.29, 1.82) is 0 Å². The molecule has 0 aromatic carbocycles. The summed E-state index contributed by atoms with van der Waals surface area (Å²) in [4.78, 5) is 0. The largest absolute Gasteiger partial charge is 0.394 e. The average Bonchev–Trinajstić information content (AvgIpc) is 2.48. The first-order chi connectivity index (χ1) is 6.14. The molecule has 0 aromatic heterocycles. The summed E-state index contributed by atoms with van der Waals surface area (Å²) < 4.78 is 0. The molecule has 2 nitrogen and oxygen atoms in total. The summed E-state index contributed by atoms with van der Waals surface area (Å²) in [6.07, 6.45) is 4.78. The predicted molar refractivity (Wildman–Crippen MR) is 55.7 cm³/mol. The number of hydrogen-bond donors (Lipinski definition) is 2. The van der Waals surface area contributed by atoms with E-state index in [1.807, 2.05) is 0 Å². The van der Waals surface area contributed by atoms with Crippen LogP contribution in [0.15, 0.2) is 0 Å².